The number of amides is 1. The van der Waals surface area contributed by atoms with Gasteiger partial charge in [-0.05, 0) is 68.8 Å². The lowest BCUT2D eigenvalue weighted by atomic mass is 10.1. The van der Waals surface area contributed by atoms with Gasteiger partial charge in [-0.25, -0.2) is 17.2 Å². The molecule has 11 heteroatoms. The number of sulfonamides is 1. The Morgan fingerprint density at radius 3 is 2.42 bits per heavy atom. The number of anilines is 2. The number of ether oxygens (including phenoxy) is 1. The maximum absolute atomic E-state index is 14.2. The van der Waals surface area contributed by atoms with Gasteiger partial charge >= 0.3 is 0 Å². The van der Waals surface area contributed by atoms with E-state index in [1.54, 1.807) is 12.1 Å². The molecule has 0 unspecified atom stereocenters. The number of carbonyl (C=O) groups is 1. The van der Waals surface area contributed by atoms with Gasteiger partial charge in [-0.3, -0.25) is 9.52 Å². The zero-order chi connectivity index (χ0) is 26.7. The van der Waals surface area contributed by atoms with Crippen molar-refractivity contribution >= 4 is 38.9 Å². The number of carbonyl (C=O) groups excluding carboxylic acids is 1. The van der Waals surface area contributed by atoms with Crippen LogP contribution in [0.2, 0.25) is 5.02 Å². The fourth-order valence-electron chi connectivity index (χ4n) is 3.23. The van der Waals surface area contributed by atoms with Gasteiger partial charge < -0.3 is 15.4 Å². The molecule has 0 aliphatic carbocycles. The molecule has 7 nitrogen and oxygen atoms in total. The molecule has 3 aromatic carbocycles. The summed E-state index contributed by atoms with van der Waals surface area (Å²) in [6.45, 7) is 6.11. The van der Waals surface area contributed by atoms with Crippen LogP contribution in [0.4, 0.5) is 20.2 Å². The SMILES string of the molecule is COc1ccc(F)cc1S(=O)(=O)Nc1cc(NC(=O)c2c(F)cccc2Cl)ccc1CNC(C)(C)C. The Kier molecular flexibility index (Phi) is 8.22. The molecular formula is C25H26ClF2N3O4S. The first-order valence-corrected chi connectivity index (χ1v) is 12.7. The lowest BCUT2D eigenvalue weighted by Crippen LogP contribution is -2.35. The third-order valence-corrected chi connectivity index (χ3v) is 6.73. The predicted molar refractivity (Wildman–Crippen MR) is 136 cm³/mol. The summed E-state index contributed by atoms with van der Waals surface area (Å²) in [7, 11) is -3.03. The topological polar surface area (TPSA) is 96.5 Å². The van der Waals surface area contributed by atoms with Crippen LogP contribution >= 0.6 is 11.6 Å². The van der Waals surface area contributed by atoms with E-state index in [4.69, 9.17) is 16.3 Å². The molecule has 0 fully saturated rings. The summed E-state index contributed by atoms with van der Waals surface area (Å²) in [5, 5.41) is 5.72. The normalized spacial score (nSPS) is 11.8. The van der Waals surface area contributed by atoms with Crippen LogP contribution in [0.1, 0.15) is 36.7 Å². The van der Waals surface area contributed by atoms with Crippen molar-refractivity contribution in [3.8, 4) is 5.75 Å². The fraction of sp³-hybridized carbons (Fsp3) is 0.240. The van der Waals surface area contributed by atoms with E-state index in [0.29, 0.717) is 5.56 Å². The van der Waals surface area contributed by atoms with Gasteiger partial charge in [-0.1, -0.05) is 23.7 Å². The molecular weight excluding hydrogens is 512 g/mol. The van der Waals surface area contributed by atoms with Gasteiger partial charge in [0.15, 0.2) is 0 Å². The zero-order valence-corrected chi connectivity index (χ0v) is 21.7. The fourth-order valence-corrected chi connectivity index (χ4v) is 4.75. The second-order valence-electron chi connectivity index (χ2n) is 8.93. The maximum atomic E-state index is 14.2. The van der Waals surface area contributed by atoms with E-state index in [1.165, 1.54) is 31.4 Å². The quantitative estimate of drug-likeness (QED) is 0.349. The van der Waals surface area contributed by atoms with E-state index in [2.05, 4.69) is 15.4 Å². The van der Waals surface area contributed by atoms with E-state index >= 15 is 0 Å². The first-order chi connectivity index (χ1) is 16.8. The molecule has 0 radical (unpaired) electrons. The van der Waals surface area contributed by atoms with E-state index in [9.17, 15) is 22.0 Å². The van der Waals surface area contributed by atoms with E-state index in [0.717, 1.165) is 18.2 Å². The Balaban J connectivity index is 2.00. The number of hydrogen-bond donors (Lipinski definition) is 3. The van der Waals surface area contributed by atoms with Crippen LogP contribution in [0.15, 0.2) is 59.5 Å². The number of methoxy groups -OCH3 is 1. The van der Waals surface area contributed by atoms with Crippen molar-refractivity contribution in [3.63, 3.8) is 0 Å². The molecule has 36 heavy (non-hydrogen) atoms. The van der Waals surface area contributed by atoms with Gasteiger partial charge in [0, 0.05) is 17.8 Å². The Morgan fingerprint density at radius 1 is 1.06 bits per heavy atom. The van der Waals surface area contributed by atoms with Crippen molar-refractivity contribution in [2.24, 2.45) is 0 Å². The molecule has 0 aromatic heterocycles. The van der Waals surface area contributed by atoms with Crippen LogP contribution < -0.4 is 20.1 Å². The largest absolute Gasteiger partial charge is 0.495 e. The average molecular weight is 538 g/mol. The Labute approximate surface area is 213 Å². The zero-order valence-electron chi connectivity index (χ0n) is 20.1. The molecule has 3 N–H and O–H groups in total. The summed E-state index contributed by atoms with van der Waals surface area (Å²) in [4.78, 5) is 12.3. The van der Waals surface area contributed by atoms with Crippen molar-refractivity contribution in [1.82, 2.24) is 5.32 Å². The van der Waals surface area contributed by atoms with E-state index in [1.807, 2.05) is 20.8 Å². The molecule has 3 rings (SSSR count). The number of benzene rings is 3. The molecule has 0 aliphatic rings. The van der Waals surface area contributed by atoms with Gasteiger partial charge in [0.2, 0.25) is 0 Å². The molecule has 0 bridgehead atoms. The summed E-state index contributed by atoms with van der Waals surface area (Å²) in [6, 6.07) is 11.5. The molecule has 1 amide bonds. The number of rotatable bonds is 8. The number of halogens is 3. The first kappa shape index (κ1) is 27.4. The standard InChI is InChI=1S/C25H26ClF2N3O4S/c1-25(2,3)29-14-15-8-10-17(30-24(32)23-18(26)6-5-7-19(23)28)13-20(15)31-36(33,34)22-12-16(27)9-11-21(22)35-4/h5-13,29,31H,14H2,1-4H3,(H,30,32). The molecule has 0 spiro atoms. The van der Waals surface area contributed by atoms with Crippen LogP contribution in [-0.4, -0.2) is 27.0 Å². The molecule has 0 saturated carbocycles. The maximum Gasteiger partial charge on any atom is 0.265 e. The first-order valence-electron chi connectivity index (χ1n) is 10.8. The van der Waals surface area contributed by atoms with Crippen LogP contribution in [-0.2, 0) is 16.6 Å². The molecule has 0 atom stereocenters. The van der Waals surface area contributed by atoms with Gasteiger partial charge in [-0.15, -0.1) is 0 Å². The van der Waals surface area contributed by atoms with Crippen molar-refractivity contribution < 1.29 is 26.7 Å². The third-order valence-electron chi connectivity index (χ3n) is 5.03. The Hall–Kier alpha value is -3.21. The summed E-state index contributed by atoms with van der Waals surface area (Å²) in [5.74, 6) is -2.41. The average Bonchev–Trinajstić information content (AvgIpc) is 2.77. The highest BCUT2D eigenvalue weighted by Gasteiger charge is 2.23. The van der Waals surface area contributed by atoms with Gasteiger partial charge in [0.25, 0.3) is 15.9 Å². The molecule has 3 aromatic rings. The third kappa shape index (κ3) is 6.71. The summed E-state index contributed by atoms with van der Waals surface area (Å²) in [6.07, 6.45) is 0. The molecule has 192 valence electrons. The molecule has 0 saturated heterocycles. The van der Waals surface area contributed by atoms with Crippen LogP contribution in [0.5, 0.6) is 5.75 Å². The van der Waals surface area contributed by atoms with Crippen LogP contribution in [0.25, 0.3) is 0 Å². The smallest absolute Gasteiger partial charge is 0.265 e. The minimum atomic E-state index is -4.30. The number of hydrogen-bond acceptors (Lipinski definition) is 5. The lowest BCUT2D eigenvalue weighted by Gasteiger charge is -2.22. The monoisotopic (exact) mass is 537 g/mol. The lowest BCUT2D eigenvalue weighted by molar-refractivity contribution is 0.102. The van der Waals surface area contributed by atoms with Gasteiger partial charge in [0.05, 0.1) is 23.4 Å². The highest BCUT2D eigenvalue weighted by Crippen LogP contribution is 2.30. The number of nitrogens with one attached hydrogen (secondary N) is 3. The minimum Gasteiger partial charge on any atom is -0.495 e. The highest BCUT2D eigenvalue weighted by atomic mass is 35.5. The summed E-state index contributed by atoms with van der Waals surface area (Å²) in [5.41, 5.74) is 0.226. The second kappa shape index (κ2) is 10.8. The van der Waals surface area contributed by atoms with E-state index in [-0.39, 0.29) is 39.8 Å². The van der Waals surface area contributed by atoms with Crippen molar-refractivity contribution in [3.05, 3.63) is 82.4 Å². The van der Waals surface area contributed by atoms with Crippen molar-refractivity contribution in [2.75, 3.05) is 17.1 Å². The summed E-state index contributed by atoms with van der Waals surface area (Å²) < 4.78 is 62.0. The van der Waals surface area contributed by atoms with Gasteiger partial charge in [-0.2, -0.15) is 0 Å². The van der Waals surface area contributed by atoms with Gasteiger partial charge in [0.1, 0.15) is 22.3 Å². The predicted octanol–water partition coefficient (Wildman–Crippen LogP) is 5.57. The summed E-state index contributed by atoms with van der Waals surface area (Å²) >= 11 is 5.98. The van der Waals surface area contributed by atoms with Crippen molar-refractivity contribution in [2.45, 2.75) is 37.8 Å². The molecule has 0 heterocycles. The Bertz CT molecular complexity index is 1370. The van der Waals surface area contributed by atoms with E-state index < -0.39 is 32.5 Å². The Morgan fingerprint density at radius 2 is 1.78 bits per heavy atom. The van der Waals surface area contributed by atoms with Crippen LogP contribution in [0, 0.1) is 11.6 Å². The van der Waals surface area contributed by atoms with Crippen LogP contribution in [0.3, 0.4) is 0 Å². The highest BCUT2D eigenvalue weighted by molar-refractivity contribution is 7.92. The van der Waals surface area contributed by atoms with Crippen molar-refractivity contribution in [1.29, 1.82) is 0 Å². The minimum absolute atomic E-state index is 0.0445. The molecule has 0 aliphatic heterocycles. The second-order valence-corrected chi connectivity index (χ2v) is 11.0.